The Hall–Kier alpha value is -0.980. The SMILES string of the molecule is CC(C)c1ccc2c(c1O)C(C)CC2. The molecule has 76 valence electrons. The summed E-state index contributed by atoms with van der Waals surface area (Å²) in [5.41, 5.74) is 3.65. The van der Waals surface area contributed by atoms with Crippen molar-refractivity contribution in [3.05, 3.63) is 28.8 Å². The van der Waals surface area contributed by atoms with Gasteiger partial charge in [-0.15, -0.1) is 0 Å². The van der Waals surface area contributed by atoms with E-state index in [0.29, 0.717) is 17.6 Å². The van der Waals surface area contributed by atoms with Crippen LogP contribution in [0.15, 0.2) is 12.1 Å². The lowest BCUT2D eigenvalue weighted by atomic mass is 9.94. The number of fused-ring (bicyclic) bond motifs is 1. The fraction of sp³-hybridized carbons (Fsp3) is 0.538. The van der Waals surface area contributed by atoms with E-state index in [1.54, 1.807) is 0 Å². The Balaban J connectivity index is 2.56. The number of benzene rings is 1. The molecule has 0 amide bonds. The van der Waals surface area contributed by atoms with Crippen LogP contribution >= 0.6 is 0 Å². The van der Waals surface area contributed by atoms with Gasteiger partial charge in [-0.1, -0.05) is 32.9 Å². The Labute approximate surface area is 85.8 Å². The van der Waals surface area contributed by atoms with E-state index in [1.165, 1.54) is 17.5 Å². The number of hydrogen-bond donors (Lipinski definition) is 1. The molecule has 2 rings (SSSR count). The van der Waals surface area contributed by atoms with E-state index in [9.17, 15) is 5.11 Å². The van der Waals surface area contributed by atoms with Gasteiger partial charge in [0.15, 0.2) is 0 Å². The molecule has 1 aliphatic carbocycles. The third-order valence-corrected chi connectivity index (χ3v) is 3.30. The van der Waals surface area contributed by atoms with Crippen molar-refractivity contribution in [3.63, 3.8) is 0 Å². The molecule has 1 aromatic carbocycles. The van der Waals surface area contributed by atoms with Crippen LogP contribution in [0.4, 0.5) is 0 Å². The zero-order valence-corrected chi connectivity index (χ0v) is 9.17. The highest BCUT2D eigenvalue weighted by molar-refractivity contribution is 5.50. The average Bonchev–Trinajstić information content (AvgIpc) is 2.48. The second-order valence-corrected chi connectivity index (χ2v) is 4.67. The molecule has 1 unspecified atom stereocenters. The topological polar surface area (TPSA) is 20.2 Å². The molecule has 1 atom stereocenters. The van der Waals surface area contributed by atoms with Crippen molar-refractivity contribution < 1.29 is 5.11 Å². The average molecular weight is 190 g/mol. The highest BCUT2D eigenvalue weighted by Crippen LogP contribution is 2.42. The molecule has 1 N–H and O–H groups in total. The Morgan fingerprint density at radius 1 is 1.36 bits per heavy atom. The monoisotopic (exact) mass is 190 g/mol. The van der Waals surface area contributed by atoms with Gasteiger partial charge in [-0.25, -0.2) is 0 Å². The van der Waals surface area contributed by atoms with Crippen LogP contribution in [-0.4, -0.2) is 5.11 Å². The minimum Gasteiger partial charge on any atom is -0.507 e. The Morgan fingerprint density at radius 3 is 2.71 bits per heavy atom. The lowest BCUT2D eigenvalue weighted by Gasteiger charge is -2.14. The molecule has 0 saturated carbocycles. The summed E-state index contributed by atoms with van der Waals surface area (Å²) in [7, 11) is 0. The molecule has 1 nitrogen and oxygen atoms in total. The van der Waals surface area contributed by atoms with E-state index in [1.807, 2.05) is 0 Å². The molecule has 0 aromatic heterocycles. The molecule has 0 saturated heterocycles. The molecule has 0 radical (unpaired) electrons. The quantitative estimate of drug-likeness (QED) is 0.717. The number of hydrogen-bond acceptors (Lipinski definition) is 1. The second kappa shape index (κ2) is 3.30. The van der Waals surface area contributed by atoms with Crippen LogP contribution in [0.2, 0.25) is 0 Å². The second-order valence-electron chi connectivity index (χ2n) is 4.67. The van der Waals surface area contributed by atoms with Crippen molar-refractivity contribution in [3.8, 4) is 5.75 Å². The maximum absolute atomic E-state index is 10.2. The first-order valence-electron chi connectivity index (χ1n) is 5.46. The summed E-state index contributed by atoms with van der Waals surface area (Å²) in [6.45, 7) is 6.46. The molecular formula is C13H18O. The zero-order chi connectivity index (χ0) is 10.3. The van der Waals surface area contributed by atoms with Gasteiger partial charge in [0.2, 0.25) is 0 Å². The van der Waals surface area contributed by atoms with Crippen LogP contribution in [0.1, 0.15) is 55.7 Å². The van der Waals surface area contributed by atoms with Gasteiger partial charge in [0.1, 0.15) is 5.75 Å². The van der Waals surface area contributed by atoms with Crippen molar-refractivity contribution in [1.29, 1.82) is 0 Å². The van der Waals surface area contributed by atoms with E-state index < -0.39 is 0 Å². The maximum Gasteiger partial charge on any atom is 0.122 e. The van der Waals surface area contributed by atoms with Crippen LogP contribution in [0.5, 0.6) is 5.75 Å². The molecule has 0 heterocycles. The first kappa shape index (κ1) is 9.57. The van der Waals surface area contributed by atoms with Gasteiger partial charge < -0.3 is 5.11 Å². The zero-order valence-electron chi connectivity index (χ0n) is 9.17. The van der Waals surface area contributed by atoms with E-state index in [0.717, 1.165) is 12.0 Å². The van der Waals surface area contributed by atoms with Gasteiger partial charge in [0.05, 0.1) is 0 Å². The first-order valence-corrected chi connectivity index (χ1v) is 5.46. The highest BCUT2D eigenvalue weighted by Gasteiger charge is 2.24. The van der Waals surface area contributed by atoms with Crippen molar-refractivity contribution in [2.24, 2.45) is 0 Å². The maximum atomic E-state index is 10.2. The van der Waals surface area contributed by atoms with Crippen LogP contribution < -0.4 is 0 Å². The lowest BCUT2D eigenvalue weighted by molar-refractivity contribution is 0.454. The number of rotatable bonds is 1. The molecule has 1 aromatic rings. The van der Waals surface area contributed by atoms with Gasteiger partial charge in [-0.05, 0) is 35.8 Å². The van der Waals surface area contributed by atoms with Gasteiger partial charge in [-0.3, -0.25) is 0 Å². The Bertz CT molecular complexity index is 352. The fourth-order valence-corrected chi connectivity index (χ4v) is 2.42. The van der Waals surface area contributed by atoms with E-state index in [2.05, 4.69) is 32.9 Å². The van der Waals surface area contributed by atoms with Crippen molar-refractivity contribution in [2.75, 3.05) is 0 Å². The van der Waals surface area contributed by atoms with Crippen molar-refractivity contribution >= 4 is 0 Å². The van der Waals surface area contributed by atoms with Crippen LogP contribution in [0, 0.1) is 0 Å². The third kappa shape index (κ3) is 1.31. The van der Waals surface area contributed by atoms with Crippen molar-refractivity contribution in [1.82, 2.24) is 0 Å². The number of phenolic OH excluding ortho intramolecular Hbond substituents is 1. The van der Waals surface area contributed by atoms with Crippen LogP contribution in [0.3, 0.4) is 0 Å². The summed E-state index contributed by atoms with van der Waals surface area (Å²) < 4.78 is 0. The van der Waals surface area contributed by atoms with Crippen molar-refractivity contribution in [2.45, 2.75) is 45.4 Å². The van der Waals surface area contributed by atoms with E-state index in [-0.39, 0.29) is 0 Å². The summed E-state index contributed by atoms with van der Waals surface area (Å²) in [5, 5.41) is 10.2. The summed E-state index contributed by atoms with van der Waals surface area (Å²) >= 11 is 0. The molecule has 0 bridgehead atoms. The van der Waals surface area contributed by atoms with E-state index >= 15 is 0 Å². The fourth-order valence-electron chi connectivity index (χ4n) is 2.42. The van der Waals surface area contributed by atoms with Gasteiger partial charge in [0, 0.05) is 5.56 Å². The Morgan fingerprint density at radius 2 is 2.07 bits per heavy atom. The lowest BCUT2D eigenvalue weighted by Crippen LogP contribution is -1.94. The molecule has 0 aliphatic heterocycles. The highest BCUT2D eigenvalue weighted by atomic mass is 16.3. The normalized spacial score (nSPS) is 20.1. The first-order chi connectivity index (χ1) is 6.61. The molecule has 14 heavy (non-hydrogen) atoms. The predicted molar refractivity (Wildman–Crippen MR) is 58.9 cm³/mol. The largest absolute Gasteiger partial charge is 0.507 e. The van der Waals surface area contributed by atoms with Gasteiger partial charge in [-0.2, -0.15) is 0 Å². The molecular weight excluding hydrogens is 172 g/mol. The van der Waals surface area contributed by atoms with E-state index in [4.69, 9.17) is 0 Å². The predicted octanol–water partition coefficient (Wildman–Crippen LogP) is 3.57. The van der Waals surface area contributed by atoms with Crippen LogP contribution in [0.25, 0.3) is 0 Å². The summed E-state index contributed by atoms with van der Waals surface area (Å²) in [4.78, 5) is 0. The molecule has 0 fully saturated rings. The van der Waals surface area contributed by atoms with Crippen LogP contribution in [-0.2, 0) is 6.42 Å². The number of aryl methyl sites for hydroxylation is 1. The summed E-state index contributed by atoms with van der Waals surface area (Å²) in [6, 6.07) is 4.27. The van der Waals surface area contributed by atoms with Gasteiger partial charge in [0.25, 0.3) is 0 Å². The standard InChI is InChI=1S/C13H18O/c1-8(2)11-7-6-10-5-4-9(3)12(10)13(11)14/h6-9,14H,4-5H2,1-3H3. The number of phenols is 1. The smallest absolute Gasteiger partial charge is 0.122 e. The van der Waals surface area contributed by atoms with Gasteiger partial charge >= 0.3 is 0 Å². The summed E-state index contributed by atoms with van der Waals surface area (Å²) in [5.74, 6) is 1.50. The minimum atomic E-state index is 0.410. The molecule has 1 aliphatic rings. The minimum absolute atomic E-state index is 0.410. The Kier molecular flexibility index (Phi) is 2.26. The number of aromatic hydroxyl groups is 1. The molecule has 0 spiro atoms. The molecule has 1 heteroatoms. The third-order valence-electron chi connectivity index (χ3n) is 3.30. The summed E-state index contributed by atoms with van der Waals surface area (Å²) in [6.07, 6.45) is 2.31.